The number of hydrogen-bond acceptors (Lipinski definition) is 4. The zero-order chi connectivity index (χ0) is 11.4. The normalized spacial score (nSPS) is 9.67. The molecule has 6 heteroatoms. The molecule has 0 heterocycles. The van der Waals surface area contributed by atoms with Crippen LogP contribution in [-0.2, 0) is 11.1 Å². The summed E-state index contributed by atoms with van der Waals surface area (Å²) >= 11 is 0. The van der Waals surface area contributed by atoms with Gasteiger partial charge in [-0.3, -0.25) is 10.1 Å². The Bertz CT molecular complexity index is 405. The standard InChI is InChI=1S/C9H8BNO4/c1-15-9(12)7-3-2-6(5-10)4-8(7)11(13)14/h2-4H,5H2,1H3. The summed E-state index contributed by atoms with van der Waals surface area (Å²) in [7, 11) is 6.51. The van der Waals surface area contributed by atoms with Crippen LogP contribution in [0.25, 0.3) is 0 Å². The summed E-state index contributed by atoms with van der Waals surface area (Å²) in [5.74, 6) is -0.731. The topological polar surface area (TPSA) is 69.4 Å². The van der Waals surface area contributed by atoms with Crippen molar-refractivity contribution >= 4 is 19.5 Å². The first kappa shape index (κ1) is 11.2. The molecule has 0 aliphatic rings. The van der Waals surface area contributed by atoms with Gasteiger partial charge in [-0.15, -0.1) is 0 Å². The summed E-state index contributed by atoms with van der Waals surface area (Å²) < 4.78 is 4.43. The van der Waals surface area contributed by atoms with Gasteiger partial charge in [0.1, 0.15) is 5.56 Å². The fraction of sp³-hybridized carbons (Fsp3) is 0.222. The van der Waals surface area contributed by atoms with Gasteiger partial charge in [0.25, 0.3) is 5.69 Å². The highest BCUT2D eigenvalue weighted by atomic mass is 16.6. The first-order valence-corrected chi connectivity index (χ1v) is 4.16. The van der Waals surface area contributed by atoms with E-state index in [1.807, 2.05) is 0 Å². The number of benzene rings is 1. The summed E-state index contributed by atoms with van der Waals surface area (Å²) in [6.45, 7) is 0. The average Bonchev–Trinajstić information content (AvgIpc) is 2.27. The number of rotatable bonds is 3. The molecule has 15 heavy (non-hydrogen) atoms. The molecule has 0 aliphatic heterocycles. The van der Waals surface area contributed by atoms with Crippen LogP contribution in [0.1, 0.15) is 15.9 Å². The van der Waals surface area contributed by atoms with E-state index in [2.05, 4.69) is 4.74 Å². The lowest BCUT2D eigenvalue weighted by molar-refractivity contribution is -0.385. The Kier molecular flexibility index (Phi) is 3.44. The number of carbonyl (C=O) groups is 1. The van der Waals surface area contributed by atoms with E-state index in [1.54, 1.807) is 6.07 Å². The second-order valence-electron chi connectivity index (χ2n) is 2.80. The van der Waals surface area contributed by atoms with Gasteiger partial charge in [0.2, 0.25) is 0 Å². The van der Waals surface area contributed by atoms with Crippen LogP contribution in [0.5, 0.6) is 0 Å². The van der Waals surface area contributed by atoms with Crippen LogP contribution in [-0.4, -0.2) is 25.8 Å². The molecule has 1 rings (SSSR count). The molecule has 0 bridgehead atoms. The molecule has 0 aromatic heterocycles. The summed E-state index contributed by atoms with van der Waals surface area (Å²) in [6, 6.07) is 4.16. The lowest BCUT2D eigenvalue weighted by Crippen LogP contribution is -2.06. The van der Waals surface area contributed by atoms with Crippen molar-refractivity contribution in [3.05, 3.63) is 39.4 Å². The fourth-order valence-electron chi connectivity index (χ4n) is 1.14. The number of nitro groups is 1. The molecule has 0 unspecified atom stereocenters. The van der Waals surface area contributed by atoms with E-state index in [0.29, 0.717) is 5.56 Å². The Hall–Kier alpha value is -1.85. The van der Waals surface area contributed by atoms with E-state index in [1.165, 1.54) is 19.2 Å². The maximum atomic E-state index is 11.2. The van der Waals surface area contributed by atoms with Crippen LogP contribution in [0.3, 0.4) is 0 Å². The minimum absolute atomic E-state index is 0.0697. The molecule has 76 valence electrons. The lowest BCUT2D eigenvalue weighted by atomic mass is 9.95. The maximum absolute atomic E-state index is 11.2. The third-order valence-electron chi connectivity index (χ3n) is 1.90. The Morgan fingerprint density at radius 1 is 1.60 bits per heavy atom. The Balaban J connectivity index is 3.27. The molecule has 0 aliphatic carbocycles. The molecule has 0 fully saturated rings. The Morgan fingerprint density at radius 3 is 2.73 bits per heavy atom. The van der Waals surface area contributed by atoms with E-state index in [-0.39, 0.29) is 17.6 Å². The van der Waals surface area contributed by atoms with Gasteiger partial charge in [-0.05, 0) is 11.6 Å². The molecule has 0 atom stereocenters. The highest BCUT2D eigenvalue weighted by Gasteiger charge is 2.20. The predicted molar refractivity (Wildman–Crippen MR) is 53.9 cm³/mol. The van der Waals surface area contributed by atoms with Gasteiger partial charge in [0.05, 0.1) is 19.9 Å². The molecule has 0 saturated carbocycles. The van der Waals surface area contributed by atoms with Gasteiger partial charge >= 0.3 is 5.97 Å². The first-order valence-electron chi connectivity index (χ1n) is 4.16. The maximum Gasteiger partial charge on any atom is 0.344 e. The van der Waals surface area contributed by atoms with Crippen molar-refractivity contribution in [2.24, 2.45) is 0 Å². The van der Waals surface area contributed by atoms with Crippen LogP contribution in [0, 0.1) is 10.1 Å². The number of carbonyl (C=O) groups excluding carboxylic acids is 1. The molecule has 0 spiro atoms. The Labute approximate surface area is 87.6 Å². The minimum Gasteiger partial charge on any atom is -0.465 e. The van der Waals surface area contributed by atoms with Gasteiger partial charge in [-0.1, -0.05) is 12.4 Å². The van der Waals surface area contributed by atoms with E-state index in [0.717, 1.165) is 0 Å². The lowest BCUT2D eigenvalue weighted by Gasteiger charge is -2.02. The molecule has 2 radical (unpaired) electrons. The van der Waals surface area contributed by atoms with Gasteiger partial charge in [0, 0.05) is 6.07 Å². The summed E-state index contributed by atoms with van der Waals surface area (Å²) in [5.41, 5.74) is 0.235. The monoisotopic (exact) mass is 205 g/mol. The van der Waals surface area contributed by atoms with Gasteiger partial charge in [0.15, 0.2) is 0 Å². The molecule has 0 saturated heterocycles. The quantitative estimate of drug-likeness (QED) is 0.320. The van der Waals surface area contributed by atoms with E-state index in [9.17, 15) is 14.9 Å². The molecular formula is C9H8BNO4. The molecule has 1 aromatic carbocycles. The molecule has 0 N–H and O–H groups in total. The van der Waals surface area contributed by atoms with Crippen molar-refractivity contribution in [1.29, 1.82) is 0 Å². The fourth-order valence-corrected chi connectivity index (χ4v) is 1.14. The molecule has 1 aromatic rings. The highest BCUT2D eigenvalue weighted by molar-refractivity contribution is 6.08. The van der Waals surface area contributed by atoms with Crippen LogP contribution in [0.2, 0.25) is 0 Å². The van der Waals surface area contributed by atoms with Crippen LogP contribution < -0.4 is 0 Å². The smallest absolute Gasteiger partial charge is 0.344 e. The average molecular weight is 205 g/mol. The highest BCUT2D eigenvalue weighted by Crippen LogP contribution is 2.21. The van der Waals surface area contributed by atoms with Gasteiger partial charge < -0.3 is 4.74 Å². The van der Waals surface area contributed by atoms with Crippen molar-refractivity contribution in [3.63, 3.8) is 0 Å². The first-order chi connectivity index (χ1) is 7.10. The number of methoxy groups -OCH3 is 1. The van der Waals surface area contributed by atoms with E-state index in [4.69, 9.17) is 7.85 Å². The minimum atomic E-state index is -0.731. The summed E-state index contributed by atoms with van der Waals surface area (Å²) in [6.07, 6.45) is 0.183. The zero-order valence-electron chi connectivity index (χ0n) is 8.10. The molecule has 0 amide bonds. The Morgan fingerprint density at radius 2 is 2.27 bits per heavy atom. The number of hydrogen-bond donors (Lipinski definition) is 0. The molecule has 5 nitrogen and oxygen atoms in total. The van der Waals surface area contributed by atoms with Crippen molar-refractivity contribution in [3.8, 4) is 0 Å². The van der Waals surface area contributed by atoms with Crippen LogP contribution in [0.4, 0.5) is 5.69 Å². The SMILES string of the molecule is [B]Cc1ccc(C(=O)OC)c([N+](=O)[O-])c1. The van der Waals surface area contributed by atoms with Crippen LogP contribution >= 0.6 is 0 Å². The number of nitrogens with zero attached hydrogens (tertiary/aromatic N) is 1. The number of esters is 1. The second-order valence-corrected chi connectivity index (χ2v) is 2.80. The van der Waals surface area contributed by atoms with E-state index >= 15 is 0 Å². The number of ether oxygens (including phenoxy) is 1. The zero-order valence-corrected chi connectivity index (χ0v) is 8.10. The summed E-state index contributed by atoms with van der Waals surface area (Å²) in [4.78, 5) is 21.2. The number of nitro benzene ring substituents is 1. The second kappa shape index (κ2) is 4.59. The van der Waals surface area contributed by atoms with Gasteiger partial charge in [-0.25, -0.2) is 4.79 Å². The predicted octanol–water partition coefficient (Wildman–Crippen LogP) is 1.05. The van der Waals surface area contributed by atoms with Crippen molar-refractivity contribution < 1.29 is 14.5 Å². The van der Waals surface area contributed by atoms with Crippen molar-refractivity contribution in [1.82, 2.24) is 0 Å². The van der Waals surface area contributed by atoms with Crippen molar-refractivity contribution in [2.75, 3.05) is 7.11 Å². The third-order valence-corrected chi connectivity index (χ3v) is 1.90. The largest absolute Gasteiger partial charge is 0.465 e. The van der Waals surface area contributed by atoms with Gasteiger partial charge in [-0.2, -0.15) is 0 Å². The van der Waals surface area contributed by atoms with Crippen LogP contribution in [0.15, 0.2) is 18.2 Å². The molecular weight excluding hydrogens is 197 g/mol. The van der Waals surface area contributed by atoms with E-state index < -0.39 is 10.9 Å². The summed E-state index contributed by atoms with van der Waals surface area (Å²) in [5, 5.41) is 10.7. The van der Waals surface area contributed by atoms with Crippen molar-refractivity contribution in [2.45, 2.75) is 6.32 Å². The third kappa shape index (κ3) is 2.34.